The predicted molar refractivity (Wildman–Crippen MR) is 121 cm³/mol. The van der Waals surface area contributed by atoms with Gasteiger partial charge in [0.1, 0.15) is 11.9 Å². The molecule has 2 aromatic rings. The van der Waals surface area contributed by atoms with Gasteiger partial charge in [-0.25, -0.2) is 4.99 Å². The molecule has 4 rings (SSSR count). The summed E-state index contributed by atoms with van der Waals surface area (Å²) < 4.78 is 0.949. The van der Waals surface area contributed by atoms with Gasteiger partial charge >= 0.3 is 0 Å². The molecule has 0 aromatic heterocycles. The molecule has 2 aromatic carbocycles. The number of para-hydroxylation sites is 1. The first kappa shape index (κ1) is 19.8. The molecule has 148 valence electrons. The third-order valence-corrected chi connectivity index (χ3v) is 6.12. The van der Waals surface area contributed by atoms with E-state index in [1.54, 1.807) is 0 Å². The van der Waals surface area contributed by atoms with Crippen molar-refractivity contribution in [1.82, 2.24) is 4.90 Å². The van der Waals surface area contributed by atoms with E-state index in [1.807, 2.05) is 67.3 Å². The van der Waals surface area contributed by atoms with Gasteiger partial charge in [-0.3, -0.25) is 14.5 Å². The molecule has 2 heterocycles. The number of halogens is 1. The van der Waals surface area contributed by atoms with E-state index in [1.165, 1.54) is 11.8 Å². The summed E-state index contributed by atoms with van der Waals surface area (Å²) in [6.07, 6.45) is 0. The number of aliphatic imine (C=N–C) groups is 2. The third-order valence-electron chi connectivity index (χ3n) is 4.63. The number of anilines is 1. The molecular weight excluding hydrogens is 452 g/mol. The van der Waals surface area contributed by atoms with E-state index in [9.17, 15) is 9.59 Å². The number of carbonyl (C=O) groups is 2. The summed E-state index contributed by atoms with van der Waals surface area (Å²) in [6, 6.07) is 14.6. The van der Waals surface area contributed by atoms with Crippen LogP contribution in [0.15, 0.2) is 63.0 Å². The number of benzene rings is 2. The minimum Gasteiger partial charge on any atom is -0.325 e. The van der Waals surface area contributed by atoms with Crippen LogP contribution in [-0.2, 0) is 9.59 Å². The van der Waals surface area contributed by atoms with Gasteiger partial charge in [0.25, 0.3) is 5.91 Å². The standard InChI is InChI=1S/C21H19BrN4O2S/c1-12(2)18-20(28)25-19-15-5-3-4-6-16(15)24-21(26(18)19)29-11-17(27)23-14-9-7-13(22)8-10-14/h3-10,12,18H,11H2,1-2H3,(H,23,27). The Bertz CT molecular complexity index is 1030. The molecule has 1 unspecified atom stereocenters. The van der Waals surface area contributed by atoms with E-state index in [0.717, 1.165) is 21.4 Å². The molecule has 29 heavy (non-hydrogen) atoms. The van der Waals surface area contributed by atoms with Crippen molar-refractivity contribution >= 4 is 61.9 Å². The third kappa shape index (κ3) is 4.00. The van der Waals surface area contributed by atoms with Crippen LogP contribution >= 0.6 is 27.7 Å². The van der Waals surface area contributed by atoms with Crippen molar-refractivity contribution in [2.24, 2.45) is 15.9 Å². The maximum absolute atomic E-state index is 12.6. The summed E-state index contributed by atoms with van der Waals surface area (Å²) in [5.74, 6) is 0.565. The Morgan fingerprint density at radius 1 is 1.17 bits per heavy atom. The number of amides is 2. The Morgan fingerprint density at radius 2 is 1.90 bits per heavy atom. The Labute approximate surface area is 181 Å². The van der Waals surface area contributed by atoms with E-state index in [2.05, 4.69) is 26.2 Å². The zero-order valence-electron chi connectivity index (χ0n) is 15.9. The molecule has 6 nitrogen and oxygen atoms in total. The van der Waals surface area contributed by atoms with Gasteiger partial charge in [-0.05, 0) is 42.3 Å². The van der Waals surface area contributed by atoms with Crippen LogP contribution in [0.1, 0.15) is 19.4 Å². The number of nitrogens with zero attached hydrogens (tertiary/aromatic N) is 3. The monoisotopic (exact) mass is 470 g/mol. The molecule has 0 saturated carbocycles. The van der Waals surface area contributed by atoms with Crippen molar-refractivity contribution in [2.45, 2.75) is 19.9 Å². The van der Waals surface area contributed by atoms with Crippen molar-refractivity contribution in [3.8, 4) is 0 Å². The molecular formula is C21H19BrN4O2S. The van der Waals surface area contributed by atoms with Crippen molar-refractivity contribution in [2.75, 3.05) is 11.1 Å². The molecule has 2 amide bonds. The van der Waals surface area contributed by atoms with Crippen LogP contribution in [0.2, 0.25) is 0 Å². The Kier molecular flexibility index (Phi) is 5.56. The number of hydrogen-bond acceptors (Lipinski definition) is 5. The van der Waals surface area contributed by atoms with Crippen molar-refractivity contribution in [3.63, 3.8) is 0 Å². The van der Waals surface area contributed by atoms with Crippen LogP contribution in [0.4, 0.5) is 11.4 Å². The first-order chi connectivity index (χ1) is 13.9. The number of nitrogens with one attached hydrogen (secondary N) is 1. The maximum Gasteiger partial charge on any atom is 0.271 e. The molecule has 0 spiro atoms. The van der Waals surface area contributed by atoms with Gasteiger partial charge in [0.2, 0.25) is 5.91 Å². The van der Waals surface area contributed by atoms with Crippen LogP contribution in [0.5, 0.6) is 0 Å². The van der Waals surface area contributed by atoms with Gasteiger partial charge in [0.15, 0.2) is 5.17 Å². The van der Waals surface area contributed by atoms with Crippen molar-refractivity contribution in [3.05, 3.63) is 58.6 Å². The second-order valence-corrected chi connectivity index (χ2v) is 8.95. The van der Waals surface area contributed by atoms with Crippen molar-refractivity contribution in [1.29, 1.82) is 0 Å². The topological polar surface area (TPSA) is 74.1 Å². The average molecular weight is 471 g/mol. The molecule has 2 aliphatic heterocycles. The van der Waals surface area contributed by atoms with Crippen LogP contribution < -0.4 is 5.32 Å². The average Bonchev–Trinajstić information content (AvgIpc) is 3.05. The number of rotatable bonds is 4. The number of carbonyl (C=O) groups excluding carboxylic acids is 2. The fraction of sp³-hybridized carbons (Fsp3) is 0.238. The quantitative estimate of drug-likeness (QED) is 0.716. The highest BCUT2D eigenvalue weighted by Crippen LogP contribution is 2.35. The van der Waals surface area contributed by atoms with E-state index >= 15 is 0 Å². The molecule has 0 fully saturated rings. The lowest BCUT2D eigenvalue weighted by atomic mass is 10.0. The van der Waals surface area contributed by atoms with E-state index in [0.29, 0.717) is 11.0 Å². The smallest absolute Gasteiger partial charge is 0.271 e. The normalized spacial score (nSPS) is 17.6. The van der Waals surface area contributed by atoms with Gasteiger partial charge in [-0.1, -0.05) is 53.7 Å². The van der Waals surface area contributed by atoms with E-state index in [4.69, 9.17) is 4.99 Å². The van der Waals surface area contributed by atoms with Gasteiger partial charge < -0.3 is 5.32 Å². The number of thioether (sulfide) groups is 1. The molecule has 1 atom stereocenters. The largest absolute Gasteiger partial charge is 0.325 e. The lowest BCUT2D eigenvalue weighted by Crippen LogP contribution is -2.46. The van der Waals surface area contributed by atoms with Crippen LogP contribution in [-0.4, -0.2) is 39.5 Å². The molecule has 0 aliphatic carbocycles. The van der Waals surface area contributed by atoms with Crippen LogP contribution in [0.3, 0.4) is 0 Å². The number of amidine groups is 2. The van der Waals surface area contributed by atoms with Crippen molar-refractivity contribution < 1.29 is 9.59 Å². The summed E-state index contributed by atoms with van der Waals surface area (Å²) in [5, 5.41) is 3.50. The van der Waals surface area contributed by atoms with Crippen LogP contribution in [0.25, 0.3) is 0 Å². The zero-order valence-corrected chi connectivity index (χ0v) is 18.3. The SMILES string of the molecule is CC(C)C1C(=O)N=C2c3ccccc3N=C(SCC(=O)Nc3ccc(Br)cc3)N21. The Hall–Kier alpha value is -2.45. The summed E-state index contributed by atoms with van der Waals surface area (Å²) in [5.41, 5.74) is 2.33. The number of fused-ring (bicyclic) bond motifs is 3. The summed E-state index contributed by atoms with van der Waals surface area (Å²) in [7, 11) is 0. The number of hydrogen-bond donors (Lipinski definition) is 1. The van der Waals surface area contributed by atoms with Gasteiger partial charge in [0.05, 0.1) is 11.4 Å². The molecule has 2 aliphatic rings. The first-order valence-electron chi connectivity index (χ1n) is 9.22. The summed E-state index contributed by atoms with van der Waals surface area (Å²) in [6.45, 7) is 3.98. The summed E-state index contributed by atoms with van der Waals surface area (Å²) in [4.78, 5) is 35.9. The molecule has 8 heteroatoms. The Balaban J connectivity index is 1.56. The fourth-order valence-corrected chi connectivity index (χ4v) is 4.43. The highest BCUT2D eigenvalue weighted by atomic mass is 79.9. The minimum atomic E-state index is -0.404. The second-order valence-electron chi connectivity index (χ2n) is 7.09. The zero-order chi connectivity index (χ0) is 20.5. The molecule has 1 N–H and O–H groups in total. The maximum atomic E-state index is 12.6. The van der Waals surface area contributed by atoms with E-state index in [-0.39, 0.29) is 23.5 Å². The van der Waals surface area contributed by atoms with Gasteiger partial charge in [0, 0.05) is 15.7 Å². The highest BCUT2D eigenvalue weighted by Gasteiger charge is 2.43. The second kappa shape index (κ2) is 8.12. The molecule has 0 bridgehead atoms. The highest BCUT2D eigenvalue weighted by molar-refractivity contribution is 9.10. The van der Waals surface area contributed by atoms with Crippen LogP contribution in [0, 0.1) is 5.92 Å². The molecule has 0 saturated heterocycles. The lowest BCUT2D eigenvalue weighted by Gasteiger charge is -2.32. The predicted octanol–water partition coefficient (Wildman–Crippen LogP) is 4.44. The minimum absolute atomic E-state index is 0.0661. The lowest BCUT2D eigenvalue weighted by molar-refractivity contribution is -0.120. The summed E-state index contributed by atoms with van der Waals surface area (Å²) >= 11 is 4.69. The molecule has 0 radical (unpaired) electrons. The Morgan fingerprint density at radius 3 is 2.62 bits per heavy atom. The fourth-order valence-electron chi connectivity index (χ4n) is 3.33. The van der Waals surface area contributed by atoms with Gasteiger partial charge in [-0.15, -0.1) is 0 Å². The van der Waals surface area contributed by atoms with Gasteiger partial charge in [-0.2, -0.15) is 4.99 Å². The van der Waals surface area contributed by atoms with E-state index < -0.39 is 6.04 Å². The first-order valence-corrected chi connectivity index (χ1v) is 11.0.